The van der Waals surface area contributed by atoms with Crippen molar-refractivity contribution >= 4 is 105 Å². The number of halogens is 7. The molecule has 1 aromatic rings. The molecule has 302 valence electrons. The van der Waals surface area contributed by atoms with E-state index in [4.69, 9.17) is 114 Å². The van der Waals surface area contributed by atoms with Gasteiger partial charge in [0.2, 0.25) is 13.9 Å². The van der Waals surface area contributed by atoms with Crippen molar-refractivity contribution in [2.75, 3.05) is 39.8 Å². The first-order valence-electron chi connectivity index (χ1n) is 16.4. The lowest BCUT2D eigenvalue weighted by Gasteiger charge is -2.46. The molecular weight excluding hydrogens is 861 g/mol. The molecule has 54 heavy (non-hydrogen) atoms. The van der Waals surface area contributed by atoms with Gasteiger partial charge in [0, 0.05) is 31.5 Å². The summed E-state index contributed by atoms with van der Waals surface area (Å²) in [7, 11) is 2.80. The van der Waals surface area contributed by atoms with E-state index in [-0.39, 0.29) is 24.0 Å². The third-order valence-electron chi connectivity index (χ3n) is 7.90. The smallest absolute Gasteiger partial charge is 0.410 e. The first-order chi connectivity index (χ1) is 25.0. The average Bonchev–Trinajstić information content (AvgIpc) is 3.08. The van der Waals surface area contributed by atoms with Crippen LogP contribution >= 0.6 is 81.2 Å². The number of hydrogen-bond acceptors (Lipinski definition) is 11. The fraction of sp³-hybridized carbons (Fsp3) is 0.647. The van der Waals surface area contributed by atoms with Crippen LogP contribution in [-0.4, -0.2) is 124 Å². The number of esters is 2. The molecule has 0 unspecified atom stereocenters. The Bertz CT molecular complexity index is 1540. The van der Waals surface area contributed by atoms with Crippen LogP contribution in [0.1, 0.15) is 56.5 Å². The van der Waals surface area contributed by atoms with E-state index in [1.807, 2.05) is 20.8 Å². The van der Waals surface area contributed by atoms with Crippen molar-refractivity contribution in [3.8, 4) is 11.8 Å². The molecule has 0 aliphatic carbocycles. The third kappa shape index (κ3) is 14.6. The zero-order chi connectivity index (χ0) is 40.6. The van der Waals surface area contributed by atoms with Gasteiger partial charge in [-0.1, -0.05) is 93.6 Å². The molecule has 2 fully saturated rings. The van der Waals surface area contributed by atoms with Gasteiger partial charge < -0.3 is 38.1 Å². The van der Waals surface area contributed by atoms with Crippen LogP contribution in [0, 0.1) is 17.3 Å². The maximum Gasteiger partial charge on any atom is 0.410 e. The average molecular weight is 902 g/mol. The van der Waals surface area contributed by atoms with Crippen molar-refractivity contribution < 1.29 is 52.3 Å². The lowest BCUT2D eigenvalue weighted by Crippen LogP contribution is -2.64. The molecule has 2 heterocycles. The second kappa shape index (κ2) is 20.0. The summed E-state index contributed by atoms with van der Waals surface area (Å²) in [4.78, 5) is 54.7. The second-order valence-electron chi connectivity index (χ2n) is 13.4. The molecule has 0 bridgehead atoms. The van der Waals surface area contributed by atoms with Gasteiger partial charge in [0.05, 0.1) is 24.3 Å². The van der Waals surface area contributed by atoms with Gasteiger partial charge in [-0.3, -0.25) is 9.69 Å². The SMILES string of the molecule is C[C@H]1O[C@@H](O[C@@H]2CO[C@H](OC(=O)c3ccccc3C#CC(C)(C)C)[C@H](N(C)C(=O)OCC(Cl)(Cl)Cl)[C@H]2OC(=O)CCl)CC[C@@H]1N(C)C(=O)OCC(Cl)(Cl)Cl. The number of amides is 2. The van der Waals surface area contributed by atoms with Crippen molar-refractivity contribution in [3.05, 3.63) is 35.4 Å². The maximum atomic E-state index is 13.7. The highest BCUT2D eigenvalue weighted by molar-refractivity contribution is 6.68. The quantitative estimate of drug-likeness (QED) is 0.101. The fourth-order valence-corrected chi connectivity index (χ4v) is 5.79. The Morgan fingerprint density at radius 1 is 0.889 bits per heavy atom. The molecule has 2 aliphatic heterocycles. The van der Waals surface area contributed by atoms with Crippen molar-refractivity contribution in [2.24, 2.45) is 5.41 Å². The van der Waals surface area contributed by atoms with E-state index < -0.39 is 93.8 Å². The monoisotopic (exact) mass is 898 g/mol. The molecule has 0 saturated carbocycles. The largest absolute Gasteiger partial charge is 0.456 e. The molecule has 3 rings (SSSR count). The van der Waals surface area contributed by atoms with E-state index in [1.54, 1.807) is 25.1 Å². The highest BCUT2D eigenvalue weighted by Gasteiger charge is 2.51. The highest BCUT2D eigenvalue weighted by atomic mass is 35.6. The Morgan fingerprint density at radius 2 is 1.48 bits per heavy atom. The number of rotatable bonds is 10. The Labute approximate surface area is 349 Å². The summed E-state index contributed by atoms with van der Waals surface area (Å²) >= 11 is 40.4. The summed E-state index contributed by atoms with van der Waals surface area (Å²) in [6.45, 7) is 6.07. The molecule has 0 N–H and O–H groups in total. The number of alkyl halides is 7. The Balaban J connectivity index is 1.90. The van der Waals surface area contributed by atoms with E-state index in [1.165, 1.54) is 25.1 Å². The predicted molar refractivity (Wildman–Crippen MR) is 203 cm³/mol. The van der Waals surface area contributed by atoms with E-state index in [2.05, 4.69) is 11.8 Å². The van der Waals surface area contributed by atoms with Gasteiger partial charge in [0.1, 0.15) is 31.2 Å². The van der Waals surface area contributed by atoms with Gasteiger partial charge in [0.25, 0.3) is 0 Å². The normalized spacial score (nSPS) is 24.6. The summed E-state index contributed by atoms with van der Waals surface area (Å²) in [5, 5.41) is 0. The van der Waals surface area contributed by atoms with E-state index in [0.29, 0.717) is 12.0 Å². The van der Waals surface area contributed by atoms with Crippen LogP contribution < -0.4 is 0 Å². The number of ether oxygens (including phenoxy) is 7. The molecule has 0 radical (unpaired) electrons. The molecule has 1 aromatic carbocycles. The van der Waals surface area contributed by atoms with Crippen LogP contribution in [0.2, 0.25) is 0 Å². The standard InChI is InChI=1S/C34H41Cl7N2O11/c1-19-22(42(5)30(46)49-17-33(36,37)38)11-12-25(51-19)52-23-16-48-29(54-28(45)21-10-8-7-9-20(21)13-14-32(2,3)4)26(27(23)53-24(44)15-35)43(6)31(47)50-18-34(39,40)41/h7-10,19,22-23,25-27,29H,11-12,15-18H2,1-6H3/t19-,22+,23-,25+,26-,27+,29-/m1/s1. The van der Waals surface area contributed by atoms with Gasteiger partial charge in [-0.2, -0.15) is 0 Å². The van der Waals surface area contributed by atoms with Crippen molar-refractivity contribution in [1.82, 2.24) is 9.80 Å². The molecule has 0 spiro atoms. The summed E-state index contributed by atoms with van der Waals surface area (Å²) in [5.74, 6) is 3.79. The minimum atomic E-state index is -1.96. The molecular formula is C34H41Cl7N2O11. The second-order valence-corrected chi connectivity index (χ2v) is 18.7. The van der Waals surface area contributed by atoms with Gasteiger partial charge >= 0.3 is 24.1 Å². The fourth-order valence-electron chi connectivity index (χ4n) is 5.40. The minimum Gasteiger partial charge on any atom is -0.456 e. The van der Waals surface area contributed by atoms with E-state index >= 15 is 0 Å². The molecule has 13 nitrogen and oxygen atoms in total. The topological polar surface area (TPSA) is 139 Å². The number of carbonyl (C=O) groups is 4. The number of hydrogen-bond donors (Lipinski definition) is 0. The number of benzene rings is 1. The molecule has 20 heteroatoms. The van der Waals surface area contributed by atoms with Crippen LogP contribution in [0.5, 0.6) is 0 Å². The summed E-state index contributed by atoms with van der Waals surface area (Å²) in [5.41, 5.74) is 0.137. The van der Waals surface area contributed by atoms with Crippen LogP contribution in [-0.2, 0) is 38.0 Å². The Kier molecular flexibility index (Phi) is 17.3. The van der Waals surface area contributed by atoms with Gasteiger partial charge in [-0.25, -0.2) is 14.4 Å². The first-order valence-corrected chi connectivity index (χ1v) is 19.2. The van der Waals surface area contributed by atoms with Crippen LogP contribution in [0.25, 0.3) is 0 Å². The Morgan fingerprint density at radius 3 is 2.04 bits per heavy atom. The van der Waals surface area contributed by atoms with E-state index in [0.717, 1.165) is 4.90 Å². The summed E-state index contributed by atoms with van der Waals surface area (Å²) in [6.07, 6.45) is -6.69. The van der Waals surface area contributed by atoms with Gasteiger partial charge in [0.15, 0.2) is 12.4 Å². The number of nitrogens with zero attached hydrogens (tertiary/aromatic N) is 2. The number of likely N-dealkylation sites (N-methyl/N-ethyl adjacent to an activating group) is 2. The van der Waals surface area contributed by atoms with Crippen molar-refractivity contribution in [3.63, 3.8) is 0 Å². The molecule has 2 aliphatic rings. The lowest BCUT2D eigenvalue weighted by molar-refractivity contribution is -0.289. The summed E-state index contributed by atoms with van der Waals surface area (Å²) < 4.78 is 36.5. The predicted octanol–water partition coefficient (Wildman–Crippen LogP) is 7.27. The van der Waals surface area contributed by atoms with Crippen LogP contribution in [0.4, 0.5) is 9.59 Å². The number of carbonyl (C=O) groups excluding carboxylic acids is 4. The van der Waals surface area contributed by atoms with E-state index in [9.17, 15) is 19.2 Å². The maximum absolute atomic E-state index is 13.7. The lowest BCUT2D eigenvalue weighted by atomic mass is 9.96. The minimum absolute atomic E-state index is 0.117. The Hall–Kier alpha value is -1.83. The zero-order valence-electron chi connectivity index (χ0n) is 30.1. The van der Waals surface area contributed by atoms with Gasteiger partial charge in [-0.05, 0) is 46.2 Å². The zero-order valence-corrected chi connectivity index (χ0v) is 35.4. The first kappa shape index (κ1) is 46.6. The molecule has 2 amide bonds. The third-order valence-corrected chi connectivity index (χ3v) is 8.77. The molecule has 2 saturated heterocycles. The van der Waals surface area contributed by atoms with Crippen molar-refractivity contribution in [2.45, 2.75) is 91.1 Å². The molecule has 0 aromatic heterocycles. The van der Waals surface area contributed by atoms with Crippen LogP contribution in [0.3, 0.4) is 0 Å². The van der Waals surface area contributed by atoms with Crippen molar-refractivity contribution in [1.29, 1.82) is 0 Å². The molecule has 7 atom stereocenters. The van der Waals surface area contributed by atoms with Crippen LogP contribution in [0.15, 0.2) is 24.3 Å². The van der Waals surface area contributed by atoms with Gasteiger partial charge in [-0.15, -0.1) is 11.6 Å². The summed E-state index contributed by atoms with van der Waals surface area (Å²) in [6, 6.07) is 4.68. The highest BCUT2D eigenvalue weighted by Crippen LogP contribution is 2.33.